The zero-order valence-corrected chi connectivity index (χ0v) is 9.34. The third-order valence-corrected chi connectivity index (χ3v) is 3.45. The van der Waals surface area contributed by atoms with E-state index in [9.17, 15) is 0 Å². The van der Waals surface area contributed by atoms with E-state index in [0.717, 1.165) is 18.6 Å². The van der Waals surface area contributed by atoms with Crippen LogP contribution in [0.1, 0.15) is 35.8 Å². The smallest absolute Gasteiger partial charge is 0.0931 e. The van der Waals surface area contributed by atoms with Gasteiger partial charge in [0, 0.05) is 10.6 Å². The van der Waals surface area contributed by atoms with Gasteiger partial charge in [-0.2, -0.15) is 12.6 Å². The van der Waals surface area contributed by atoms with Crippen molar-refractivity contribution in [2.45, 2.75) is 38.9 Å². The molecule has 1 nitrogen and oxygen atoms in total. The quantitative estimate of drug-likeness (QED) is 0.739. The maximum absolute atomic E-state index is 4.56. The lowest BCUT2D eigenvalue weighted by Gasteiger charge is -1.90. The number of hydrogen-bond acceptors (Lipinski definition) is 3. The van der Waals surface area contributed by atoms with Crippen molar-refractivity contribution >= 4 is 24.0 Å². The first-order valence-corrected chi connectivity index (χ1v) is 5.85. The summed E-state index contributed by atoms with van der Waals surface area (Å²) in [6.07, 6.45) is 3.34. The van der Waals surface area contributed by atoms with Crippen LogP contribution in [0.25, 0.3) is 0 Å². The molecule has 0 radical (unpaired) electrons. The predicted octanol–water partition coefficient (Wildman–Crippen LogP) is 3.09. The summed E-state index contributed by atoms with van der Waals surface area (Å²) in [7, 11) is 0. The average molecular weight is 201 g/mol. The van der Waals surface area contributed by atoms with E-state index in [1.165, 1.54) is 22.0 Å². The molecule has 1 rings (SSSR count). The number of thiazole rings is 1. The van der Waals surface area contributed by atoms with E-state index in [4.69, 9.17) is 0 Å². The van der Waals surface area contributed by atoms with Crippen molar-refractivity contribution in [1.29, 1.82) is 0 Å². The zero-order valence-electron chi connectivity index (χ0n) is 7.63. The van der Waals surface area contributed by atoms with Crippen molar-refractivity contribution < 1.29 is 0 Å². The van der Waals surface area contributed by atoms with Gasteiger partial charge in [-0.25, -0.2) is 4.98 Å². The van der Waals surface area contributed by atoms with Crippen molar-refractivity contribution in [1.82, 2.24) is 4.98 Å². The molecule has 0 saturated heterocycles. The highest BCUT2D eigenvalue weighted by atomic mass is 32.1. The molecule has 0 amide bonds. The number of aryl methyl sites for hydroxylation is 2. The van der Waals surface area contributed by atoms with Crippen molar-refractivity contribution in [3.8, 4) is 0 Å². The highest BCUT2D eigenvalue weighted by molar-refractivity contribution is 7.79. The standard InChI is InChI=1S/C9H15NS2/c1-3-5-9-10-7(4-2)8(6-11)12-9/h11H,3-6H2,1-2H3. The van der Waals surface area contributed by atoms with E-state index in [-0.39, 0.29) is 0 Å². The Morgan fingerprint density at radius 1 is 1.42 bits per heavy atom. The molecule has 0 aliphatic carbocycles. The summed E-state index contributed by atoms with van der Waals surface area (Å²) >= 11 is 6.11. The maximum atomic E-state index is 4.56. The lowest BCUT2D eigenvalue weighted by atomic mass is 10.3. The summed E-state index contributed by atoms with van der Waals surface area (Å²) in [5.74, 6) is 0.838. The number of hydrogen-bond donors (Lipinski definition) is 1. The van der Waals surface area contributed by atoms with Crippen molar-refractivity contribution in [2.75, 3.05) is 0 Å². The number of thiol groups is 1. The highest BCUT2D eigenvalue weighted by Crippen LogP contribution is 2.21. The first-order chi connectivity index (χ1) is 5.81. The second-order valence-corrected chi connectivity index (χ2v) is 4.22. The van der Waals surface area contributed by atoms with Gasteiger partial charge in [-0.1, -0.05) is 13.8 Å². The van der Waals surface area contributed by atoms with E-state index in [1.807, 2.05) is 11.3 Å². The third kappa shape index (κ3) is 2.23. The zero-order chi connectivity index (χ0) is 8.97. The summed E-state index contributed by atoms with van der Waals surface area (Å²) in [5.41, 5.74) is 1.25. The van der Waals surface area contributed by atoms with Crippen LogP contribution in [0.5, 0.6) is 0 Å². The van der Waals surface area contributed by atoms with E-state index in [1.54, 1.807) is 0 Å². The number of nitrogens with zero attached hydrogens (tertiary/aromatic N) is 1. The molecular weight excluding hydrogens is 186 g/mol. The molecule has 0 aliphatic heterocycles. The van der Waals surface area contributed by atoms with Gasteiger partial charge >= 0.3 is 0 Å². The Bertz CT molecular complexity index is 221. The first-order valence-electron chi connectivity index (χ1n) is 4.40. The van der Waals surface area contributed by atoms with E-state index in [2.05, 4.69) is 31.5 Å². The first kappa shape index (κ1) is 10.1. The van der Waals surface area contributed by atoms with Crippen LogP contribution in [-0.4, -0.2) is 4.98 Å². The second kappa shape index (κ2) is 4.87. The van der Waals surface area contributed by atoms with Crippen molar-refractivity contribution in [3.63, 3.8) is 0 Å². The van der Waals surface area contributed by atoms with E-state index in [0.29, 0.717) is 0 Å². The summed E-state index contributed by atoms with van der Waals surface area (Å²) < 4.78 is 0. The van der Waals surface area contributed by atoms with Gasteiger partial charge in [0.1, 0.15) is 0 Å². The Balaban J connectivity index is 2.81. The van der Waals surface area contributed by atoms with Gasteiger partial charge in [0.05, 0.1) is 10.7 Å². The SMILES string of the molecule is CCCc1nc(CC)c(CS)s1. The Labute approximate surface area is 83.6 Å². The molecule has 0 aromatic carbocycles. The third-order valence-electron chi connectivity index (χ3n) is 1.76. The number of rotatable bonds is 4. The normalized spacial score (nSPS) is 10.6. The molecule has 0 bridgehead atoms. The van der Waals surface area contributed by atoms with Crippen molar-refractivity contribution in [3.05, 3.63) is 15.6 Å². The van der Waals surface area contributed by atoms with Gasteiger partial charge in [-0.05, 0) is 19.3 Å². The minimum Gasteiger partial charge on any atom is -0.246 e. The monoisotopic (exact) mass is 201 g/mol. The molecule has 0 unspecified atom stereocenters. The second-order valence-electron chi connectivity index (χ2n) is 2.74. The fourth-order valence-electron chi connectivity index (χ4n) is 1.16. The van der Waals surface area contributed by atoms with Crippen LogP contribution >= 0.6 is 24.0 Å². The van der Waals surface area contributed by atoms with Crippen LogP contribution in [0.2, 0.25) is 0 Å². The molecule has 1 heterocycles. The highest BCUT2D eigenvalue weighted by Gasteiger charge is 2.06. The van der Waals surface area contributed by atoms with Gasteiger partial charge < -0.3 is 0 Å². The summed E-state index contributed by atoms with van der Waals surface area (Å²) in [4.78, 5) is 5.91. The molecule has 0 spiro atoms. The maximum Gasteiger partial charge on any atom is 0.0931 e. The summed E-state index contributed by atoms with van der Waals surface area (Å²) in [5, 5.41) is 1.28. The Hall–Kier alpha value is -0.0200. The van der Waals surface area contributed by atoms with Crippen LogP contribution in [-0.2, 0) is 18.6 Å². The van der Waals surface area contributed by atoms with Crippen LogP contribution in [0, 0.1) is 0 Å². The van der Waals surface area contributed by atoms with Gasteiger partial charge in [-0.3, -0.25) is 0 Å². The molecule has 0 aliphatic rings. The van der Waals surface area contributed by atoms with Gasteiger partial charge in [0.15, 0.2) is 0 Å². The topological polar surface area (TPSA) is 12.9 Å². The van der Waals surface area contributed by atoms with E-state index < -0.39 is 0 Å². The fourth-order valence-corrected chi connectivity index (χ4v) is 2.65. The number of aromatic nitrogens is 1. The van der Waals surface area contributed by atoms with Gasteiger partial charge in [-0.15, -0.1) is 11.3 Å². The van der Waals surface area contributed by atoms with Crippen LogP contribution in [0.3, 0.4) is 0 Å². The van der Waals surface area contributed by atoms with Crippen LogP contribution in [0.4, 0.5) is 0 Å². The minimum atomic E-state index is 0.838. The molecule has 1 aromatic heterocycles. The molecule has 0 atom stereocenters. The summed E-state index contributed by atoms with van der Waals surface area (Å²) in [6, 6.07) is 0. The van der Waals surface area contributed by atoms with Crippen molar-refractivity contribution in [2.24, 2.45) is 0 Å². The molecule has 0 saturated carbocycles. The van der Waals surface area contributed by atoms with Crippen LogP contribution < -0.4 is 0 Å². The predicted molar refractivity (Wildman–Crippen MR) is 58.2 cm³/mol. The molecule has 68 valence electrons. The molecule has 12 heavy (non-hydrogen) atoms. The lowest BCUT2D eigenvalue weighted by molar-refractivity contribution is 0.892. The molecule has 0 N–H and O–H groups in total. The Kier molecular flexibility index (Phi) is 4.09. The average Bonchev–Trinajstić information content (AvgIpc) is 2.48. The molecule has 1 aromatic rings. The largest absolute Gasteiger partial charge is 0.246 e. The Morgan fingerprint density at radius 3 is 2.58 bits per heavy atom. The molecular formula is C9H15NS2. The lowest BCUT2D eigenvalue weighted by Crippen LogP contribution is -1.86. The fraction of sp³-hybridized carbons (Fsp3) is 0.667. The Morgan fingerprint density at radius 2 is 2.17 bits per heavy atom. The summed E-state index contributed by atoms with van der Waals surface area (Å²) in [6.45, 7) is 4.34. The van der Waals surface area contributed by atoms with Crippen LogP contribution in [0.15, 0.2) is 0 Å². The van der Waals surface area contributed by atoms with Gasteiger partial charge in [0.25, 0.3) is 0 Å². The molecule has 0 fully saturated rings. The minimum absolute atomic E-state index is 0.838. The molecule has 3 heteroatoms. The van der Waals surface area contributed by atoms with Gasteiger partial charge in [0.2, 0.25) is 0 Å². The van der Waals surface area contributed by atoms with E-state index >= 15 is 0 Å².